The Morgan fingerprint density at radius 2 is 2.12 bits per heavy atom. The summed E-state index contributed by atoms with van der Waals surface area (Å²) in [6.07, 6.45) is 7.43. The molecule has 0 N–H and O–H groups in total. The molecule has 3 heterocycles. The maximum absolute atomic E-state index is 13.0. The molecule has 1 unspecified atom stereocenters. The number of fused-ring (bicyclic) bond motifs is 1. The van der Waals surface area contributed by atoms with E-state index in [1.54, 1.807) is 18.6 Å². The van der Waals surface area contributed by atoms with Gasteiger partial charge in [0.05, 0.1) is 24.6 Å². The summed E-state index contributed by atoms with van der Waals surface area (Å²) in [5, 5.41) is 3.73. The topological polar surface area (TPSA) is 81.2 Å². The van der Waals surface area contributed by atoms with Crippen LogP contribution in [0.15, 0.2) is 59.8 Å². The first-order valence-electron chi connectivity index (χ1n) is 7.58. The van der Waals surface area contributed by atoms with Crippen molar-refractivity contribution < 1.29 is 12.9 Å². The predicted molar refractivity (Wildman–Crippen MR) is 87.9 cm³/mol. The van der Waals surface area contributed by atoms with Gasteiger partial charge in [0.25, 0.3) is 0 Å². The van der Waals surface area contributed by atoms with Crippen molar-refractivity contribution >= 4 is 15.7 Å². The number of hydrogen-bond donors (Lipinski definition) is 0. The van der Waals surface area contributed by atoms with Crippen molar-refractivity contribution in [3.63, 3.8) is 0 Å². The first-order valence-corrected chi connectivity index (χ1v) is 9.19. The van der Waals surface area contributed by atoms with Crippen LogP contribution < -0.4 is 4.31 Å². The largest absolute Gasteiger partial charge is 0.364 e. The maximum Gasteiger partial charge on any atom is 0.241 e. The third kappa shape index (κ3) is 2.69. The minimum atomic E-state index is -3.57. The molecule has 124 valence electrons. The van der Waals surface area contributed by atoms with Gasteiger partial charge >= 0.3 is 0 Å². The fourth-order valence-corrected chi connectivity index (χ4v) is 4.62. The Bertz CT molecular complexity index is 920. The second-order valence-electron chi connectivity index (χ2n) is 5.77. The van der Waals surface area contributed by atoms with Crippen LogP contribution in [0.2, 0.25) is 0 Å². The van der Waals surface area contributed by atoms with E-state index >= 15 is 0 Å². The summed E-state index contributed by atoms with van der Waals surface area (Å²) >= 11 is 0. The van der Waals surface area contributed by atoms with E-state index in [9.17, 15) is 8.42 Å². The highest BCUT2D eigenvalue weighted by Crippen LogP contribution is 2.34. The third-order valence-electron chi connectivity index (χ3n) is 4.20. The van der Waals surface area contributed by atoms with Crippen molar-refractivity contribution in [1.82, 2.24) is 14.7 Å². The maximum atomic E-state index is 13.0. The van der Waals surface area contributed by atoms with Gasteiger partial charge < -0.3 is 9.09 Å². The molecular weight excluding hydrogens is 328 g/mol. The molecule has 8 heteroatoms. The quantitative estimate of drug-likeness (QED) is 0.723. The van der Waals surface area contributed by atoms with Crippen molar-refractivity contribution in [2.45, 2.75) is 18.2 Å². The smallest absolute Gasteiger partial charge is 0.241 e. The number of para-hydroxylation sites is 1. The molecule has 0 amide bonds. The van der Waals surface area contributed by atoms with E-state index in [0.717, 1.165) is 17.7 Å². The van der Waals surface area contributed by atoms with E-state index in [1.807, 2.05) is 35.0 Å². The lowest BCUT2D eigenvalue weighted by Gasteiger charge is -2.35. The van der Waals surface area contributed by atoms with Gasteiger partial charge in [-0.2, -0.15) is 0 Å². The minimum Gasteiger partial charge on any atom is -0.364 e. The van der Waals surface area contributed by atoms with Crippen LogP contribution in [0.25, 0.3) is 0 Å². The van der Waals surface area contributed by atoms with E-state index in [-0.39, 0.29) is 11.8 Å². The fourth-order valence-electron chi connectivity index (χ4n) is 3.06. The first kappa shape index (κ1) is 14.9. The normalized spacial score (nSPS) is 17.7. The number of aromatic nitrogens is 3. The lowest BCUT2D eigenvalue weighted by Crippen LogP contribution is -2.41. The summed E-state index contributed by atoms with van der Waals surface area (Å²) in [6, 6.07) is 9.18. The standard InChI is InChI=1S/C16H16N4O3S/c21-24(22,11-14-5-8-23-18-14)20-10-15(19-7-6-17-12-19)9-13-3-1-2-4-16(13)20/h1-8,12,15H,9-11H2. The van der Waals surface area contributed by atoms with E-state index in [0.29, 0.717) is 12.2 Å². The zero-order valence-corrected chi connectivity index (χ0v) is 13.6. The van der Waals surface area contributed by atoms with Crippen LogP contribution in [0.4, 0.5) is 5.69 Å². The Morgan fingerprint density at radius 1 is 1.25 bits per heavy atom. The van der Waals surface area contributed by atoms with Crippen LogP contribution in [0.5, 0.6) is 0 Å². The zero-order valence-electron chi connectivity index (χ0n) is 12.8. The molecule has 1 atom stereocenters. The number of benzene rings is 1. The van der Waals surface area contributed by atoms with Gasteiger partial charge in [-0.25, -0.2) is 13.4 Å². The highest BCUT2D eigenvalue weighted by molar-refractivity contribution is 7.92. The number of sulfonamides is 1. The second kappa shape index (κ2) is 5.79. The molecule has 0 saturated heterocycles. The Labute approximate surface area is 139 Å². The Kier molecular flexibility index (Phi) is 3.61. The molecule has 3 aromatic rings. The molecule has 24 heavy (non-hydrogen) atoms. The summed E-state index contributed by atoms with van der Waals surface area (Å²) in [7, 11) is -3.57. The lowest BCUT2D eigenvalue weighted by atomic mass is 10.00. The molecule has 0 aliphatic carbocycles. The van der Waals surface area contributed by atoms with Gasteiger partial charge in [0, 0.05) is 18.5 Å². The van der Waals surface area contributed by atoms with E-state index in [2.05, 4.69) is 10.1 Å². The van der Waals surface area contributed by atoms with Crippen LogP contribution in [0.3, 0.4) is 0 Å². The van der Waals surface area contributed by atoms with Gasteiger partial charge in [0.2, 0.25) is 10.0 Å². The van der Waals surface area contributed by atoms with Crippen LogP contribution >= 0.6 is 0 Å². The molecule has 4 rings (SSSR count). The molecule has 0 bridgehead atoms. The Balaban J connectivity index is 1.72. The molecule has 7 nitrogen and oxygen atoms in total. The van der Waals surface area contributed by atoms with Crippen molar-refractivity contribution in [2.75, 3.05) is 10.8 Å². The summed E-state index contributed by atoms with van der Waals surface area (Å²) in [5.74, 6) is -0.186. The minimum absolute atomic E-state index is 0.00878. The summed E-state index contributed by atoms with van der Waals surface area (Å²) < 4.78 is 34.1. The van der Waals surface area contributed by atoms with Crippen LogP contribution in [0.1, 0.15) is 17.3 Å². The van der Waals surface area contributed by atoms with Crippen LogP contribution in [-0.2, 0) is 22.2 Å². The Morgan fingerprint density at radius 3 is 2.88 bits per heavy atom. The van der Waals surface area contributed by atoms with Gasteiger partial charge in [0.1, 0.15) is 17.7 Å². The Hall–Kier alpha value is -2.61. The molecule has 2 aromatic heterocycles. The van der Waals surface area contributed by atoms with Gasteiger partial charge in [0.15, 0.2) is 0 Å². The molecule has 1 aliphatic heterocycles. The van der Waals surface area contributed by atoms with E-state index in [4.69, 9.17) is 4.52 Å². The highest BCUT2D eigenvalue weighted by Gasteiger charge is 2.33. The number of imidazole rings is 1. The van der Waals surface area contributed by atoms with E-state index < -0.39 is 10.0 Å². The van der Waals surface area contributed by atoms with Gasteiger partial charge in [-0.05, 0) is 18.1 Å². The predicted octanol–water partition coefficient (Wildman–Crippen LogP) is 2.00. The fraction of sp³-hybridized carbons (Fsp3) is 0.250. The number of rotatable bonds is 4. The molecular formula is C16H16N4O3S. The summed E-state index contributed by atoms with van der Waals surface area (Å²) in [6.45, 7) is 0.369. The number of nitrogens with zero attached hydrogens (tertiary/aromatic N) is 4. The number of hydrogen-bond acceptors (Lipinski definition) is 5. The van der Waals surface area contributed by atoms with Crippen LogP contribution in [-0.4, -0.2) is 29.7 Å². The SMILES string of the molecule is O=S(=O)(Cc1ccon1)N1CC(n2ccnc2)Cc2ccccc21. The zero-order chi connectivity index (χ0) is 16.6. The summed E-state index contributed by atoms with van der Waals surface area (Å²) in [5.41, 5.74) is 2.14. The first-order chi connectivity index (χ1) is 11.6. The molecule has 0 spiro atoms. The monoisotopic (exact) mass is 344 g/mol. The van der Waals surface area contributed by atoms with Crippen LogP contribution in [0, 0.1) is 0 Å². The molecule has 0 radical (unpaired) electrons. The second-order valence-corrected chi connectivity index (χ2v) is 7.67. The van der Waals surface area contributed by atoms with Crippen molar-refractivity contribution in [1.29, 1.82) is 0 Å². The molecule has 0 fully saturated rings. The van der Waals surface area contributed by atoms with Crippen molar-refractivity contribution in [3.8, 4) is 0 Å². The lowest BCUT2D eigenvalue weighted by molar-refractivity contribution is 0.413. The van der Waals surface area contributed by atoms with Gasteiger partial charge in [-0.3, -0.25) is 4.31 Å². The highest BCUT2D eigenvalue weighted by atomic mass is 32.2. The van der Waals surface area contributed by atoms with E-state index in [1.165, 1.54) is 10.6 Å². The average molecular weight is 344 g/mol. The molecule has 1 aromatic carbocycles. The third-order valence-corrected chi connectivity index (χ3v) is 5.87. The molecule has 0 saturated carbocycles. The average Bonchev–Trinajstić information content (AvgIpc) is 3.27. The van der Waals surface area contributed by atoms with Crippen molar-refractivity contribution in [3.05, 3.63) is 66.6 Å². The van der Waals surface area contributed by atoms with Crippen molar-refractivity contribution in [2.24, 2.45) is 0 Å². The molecule has 1 aliphatic rings. The van der Waals surface area contributed by atoms with Gasteiger partial charge in [-0.1, -0.05) is 23.4 Å². The van der Waals surface area contributed by atoms with Gasteiger partial charge in [-0.15, -0.1) is 0 Å². The number of anilines is 1. The summed E-state index contributed by atoms with van der Waals surface area (Å²) in [4.78, 5) is 4.07.